The first-order valence-corrected chi connectivity index (χ1v) is 19.6. The lowest BCUT2D eigenvalue weighted by Crippen LogP contribution is -2.30. The highest BCUT2D eigenvalue weighted by Crippen LogP contribution is 2.46. The monoisotopic (exact) mass is 768 g/mol. The maximum atomic E-state index is 14.0. The summed E-state index contributed by atoms with van der Waals surface area (Å²) in [6.07, 6.45) is -0.0850. The number of hydrogen-bond donors (Lipinski definition) is 0. The van der Waals surface area contributed by atoms with E-state index in [1.54, 1.807) is 0 Å². The van der Waals surface area contributed by atoms with Crippen molar-refractivity contribution >= 4 is 17.2 Å². The number of fused-ring (bicyclic) bond motifs is 2. The molecule has 0 nitrogen and oxygen atoms in total. The van der Waals surface area contributed by atoms with Crippen LogP contribution in [0.4, 0.5) is 26.3 Å². The van der Waals surface area contributed by atoms with Gasteiger partial charge in [0.15, 0.2) is 0 Å². The van der Waals surface area contributed by atoms with Gasteiger partial charge in [-0.25, -0.2) is 0 Å². The Morgan fingerprint density at radius 2 is 1.16 bits per heavy atom. The second-order valence-electron chi connectivity index (χ2n) is 18.8. The molecule has 0 bridgehead atoms. The molecule has 0 fully saturated rings. The van der Waals surface area contributed by atoms with Crippen molar-refractivity contribution in [1.82, 2.24) is 0 Å². The lowest BCUT2D eigenvalue weighted by Gasteiger charge is -2.29. The van der Waals surface area contributed by atoms with Crippen LogP contribution in [0, 0.1) is 35.6 Å². The Morgan fingerprint density at radius 3 is 1.59 bits per heavy atom. The van der Waals surface area contributed by atoms with Gasteiger partial charge in [0.2, 0.25) is 0 Å². The molecule has 0 spiro atoms. The van der Waals surface area contributed by atoms with Gasteiger partial charge >= 0.3 is 12.4 Å². The molecule has 0 amide bonds. The Labute approximate surface area is 328 Å². The van der Waals surface area contributed by atoms with Crippen LogP contribution in [0.1, 0.15) is 138 Å². The molecule has 56 heavy (non-hydrogen) atoms. The third kappa shape index (κ3) is 7.57. The lowest BCUT2D eigenvalue weighted by atomic mass is 9.74. The summed E-state index contributed by atoms with van der Waals surface area (Å²) < 4.78 is 83.8. The van der Waals surface area contributed by atoms with E-state index < -0.39 is 28.9 Å². The van der Waals surface area contributed by atoms with Crippen molar-refractivity contribution in [2.45, 2.75) is 119 Å². The predicted octanol–water partition coefficient (Wildman–Crippen LogP) is 13.4. The average Bonchev–Trinajstić information content (AvgIpc) is 3.65. The highest BCUT2D eigenvalue weighted by molar-refractivity contribution is 5.87. The molecule has 0 radical (unpaired) electrons. The van der Waals surface area contributed by atoms with Crippen molar-refractivity contribution in [2.24, 2.45) is 11.3 Å². The van der Waals surface area contributed by atoms with Crippen LogP contribution < -0.4 is 10.4 Å². The van der Waals surface area contributed by atoms with E-state index in [1.807, 2.05) is 0 Å². The molecule has 1 unspecified atom stereocenters. The number of hydrogen-bond acceptors (Lipinski definition) is 0. The summed E-state index contributed by atoms with van der Waals surface area (Å²) in [7, 11) is 0. The van der Waals surface area contributed by atoms with Gasteiger partial charge in [0, 0.05) is 5.92 Å². The van der Waals surface area contributed by atoms with Gasteiger partial charge in [-0.15, -0.1) is 0 Å². The molecule has 0 aliphatic heterocycles. The molecule has 0 N–H and O–H groups in total. The van der Waals surface area contributed by atoms with E-state index in [9.17, 15) is 26.3 Å². The van der Waals surface area contributed by atoms with Crippen LogP contribution in [-0.2, 0) is 23.2 Å². The number of allylic oxidation sites excluding steroid dienone is 4. The smallest absolute Gasteiger partial charge is 0.166 e. The second kappa shape index (κ2) is 14.0. The molecule has 2 aliphatic carbocycles. The minimum absolute atomic E-state index is 0.0743. The molecular weight excluding hydrogens is 715 g/mol. The Bertz CT molecular complexity index is 2420. The zero-order valence-corrected chi connectivity index (χ0v) is 34.8. The molecule has 6 heteroatoms. The van der Waals surface area contributed by atoms with Gasteiger partial charge in [-0.2, -0.15) is 26.3 Å². The van der Waals surface area contributed by atoms with Gasteiger partial charge in [0.05, 0.1) is 11.1 Å². The summed E-state index contributed by atoms with van der Waals surface area (Å²) in [5, 5.41) is 3.86. The Balaban J connectivity index is 1.95. The highest BCUT2D eigenvalue weighted by Gasteiger charge is 2.35. The molecule has 296 valence electrons. The minimum Gasteiger partial charge on any atom is -0.166 e. The Kier molecular flexibility index (Phi) is 10.3. The SMILES string of the molecule is CCCC1C=C(C(C)(C)C)C=C1c1c(C)c(C(C)(C)C)c(=C(c2ccc(C(F)(F)F)cc2)c2ccc(C(F)(F)F)cc2)c2c1C=c1cc(C)c(C(C)(C)C)cc1=2. The van der Waals surface area contributed by atoms with Crippen LogP contribution in [0.15, 0.2) is 78.4 Å². The van der Waals surface area contributed by atoms with E-state index in [2.05, 4.69) is 113 Å². The maximum absolute atomic E-state index is 14.0. The van der Waals surface area contributed by atoms with E-state index in [0.29, 0.717) is 16.7 Å². The van der Waals surface area contributed by atoms with E-state index in [-0.39, 0.29) is 16.7 Å². The maximum Gasteiger partial charge on any atom is 0.416 e. The Hall–Kier alpha value is -4.32. The number of alkyl halides is 6. The summed E-state index contributed by atoms with van der Waals surface area (Å²) in [4.78, 5) is 0. The summed E-state index contributed by atoms with van der Waals surface area (Å²) in [5.74, 6) is 0.188. The molecule has 4 aromatic carbocycles. The standard InChI is InChI=1S/C50H54F6/c1-13-14-32-24-36(46(4,5)6)26-37(32)41-29(3)45(48(10,11)12)44(43-38-27-40(47(7,8)9)28(2)23-33(38)25-39(41)43)42(30-15-19-34(20-16-30)49(51,52)53)31-17-21-35(22-18-31)50(54,55)56/h15-27,32H,13-14H2,1-12H3. The zero-order valence-electron chi connectivity index (χ0n) is 34.8. The van der Waals surface area contributed by atoms with Crippen molar-refractivity contribution in [3.63, 3.8) is 0 Å². The third-order valence-corrected chi connectivity index (χ3v) is 11.4. The van der Waals surface area contributed by atoms with Crippen LogP contribution in [0.3, 0.4) is 0 Å². The first-order chi connectivity index (χ1) is 25.7. The largest absolute Gasteiger partial charge is 0.416 e. The molecule has 0 saturated heterocycles. The van der Waals surface area contributed by atoms with Crippen LogP contribution in [0.5, 0.6) is 0 Å². The van der Waals surface area contributed by atoms with Crippen molar-refractivity contribution in [1.29, 1.82) is 0 Å². The summed E-state index contributed by atoms with van der Waals surface area (Å²) in [6.45, 7) is 26.2. The number of halogens is 6. The fraction of sp³-hybridized carbons (Fsp3) is 0.400. The summed E-state index contributed by atoms with van der Waals surface area (Å²) in [5.41, 5.74) is 8.40. The second-order valence-corrected chi connectivity index (χ2v) is 18.8. The molecule has 2 aliphatic rings. The van der Waals surface area contributed by atoms with Crippen molar-refractivity contribution in [3.05, 3.63) is 155 Å². The number of benzene rings is 4. The van der Waals surface area contributed by atoms with E-state index in [0.717, 1.165) is 85.8 Å². The average molecular weight is 769 g/mol. The lowest BCUT2D eigenvalue weighted by molar-refractivity contribution is -0.138. The first-order valence-electron chi connectivity index (χ1n) is 19.6. The Morgan fingerprint density at radius 1 is 0.643 bits per heavy atom. The van der Waals surface area contributed by atoms with Crippen LogP contribution >= 0.6 is 0 Å². The van der Waals surface area contributed by atoms with Crippen molar-refractivity contribution in [3.8, 4) is 0 Å². The van der Waals surface area contributed by atoms with Gasteiger partial charge in [-0.1, -0.05) is 118 Å². The predicted molar refractivity (Wildman–Crippen MR) is 219 cm³/mol. The fourth-order valence-corrected chi connectivity index (χ4v) is 8.92. The third-order valence-electron chi connectivity index (χ3n) is 11.4. The summed E-state index contributed by atoms with van der Waals surface area (Å²) >= 11 is 0. The van der Waals surface area contributed by atoms with Gasteiger partial charge in [0.1, 0.15) is 0 Å². The highest BCUT2D eigenvalue weighted by atomic mass is 19.4. The van der Waals surface area contributed by atoms with Gasteiger partial charge in [0.25, 0.3) is 0 Å². The van der Waals surface area contributed by atoms with E-state index in [1.165, 1.54) is 41.0 Å². The number of aryl methyl sites for hydroxylation is 1. The first kappa shape index (κ1) is 41.3. The summed E-state index contributed by atoms with van der Waals surface area (Å²) in [6, 6.07) is 14.6. The van der Waals surface area contributed by atoms with E-state index >= 15 is 0 Å². The molecule has 0 aromatic heterocycles. The quantitative estimate of drug-likeness (QED) is 0.156. The van der Waals surface area contributed by atoms with E-state index in [4.69, 9.17) is 0 Å². The topological polar surface area (TPSA) is 0 Å². The van der Waals surface area contributed by atoms with Gasteiger partial charge in [-0.05, 0) is 155 Å². The van der Waals surface area contributed by atoms with Gasteiger partial charge < -0.3 is 0 Å². The van der Waals surface area contributed by atoms with Crippen LogP contribution in [0.25, 0.3) is 17.2 Å². The minimum atomic E-state index is -4.55. The molecule has 4 aromatic rings. The molecule has 0 heterocycles. The molecule has 0 saturated carbocycles. The normalized spacial score (nSPS) is 16.0. The molecule has 6 rings (SSSR count). The van der Waals surface area contributed by atoms with Gasteiger partial charge in [-0.3, -0.25) is 0 Å². The zero-order chi connectivity index (χ0) is 41.5. The van der Waals surface area contributed by atoms with Crippen LogP contribution in [-0.4, -0.2) is 0 Å². The molecular formula is C50H54F6. The van der Waals surface area contributed by atoms with Crippen LogP contribution in [0.2, 0.25) is 0 Å². The van der Waals surface area contributed by atoms with Crippen molar-refractivity contribution in [2.75, 3.05) is 0 Å². The fourth-order valence-electron chi connectivity index (χ4n) is 8.92. The molecule has 1 atom stereocenters. The van der Waals surface area contributed by atoms with Crippen molar-refractivity contribution < 1.29 is 26.3 Å². The number of rotatable bonds is 5.